The molecule has 0 atom stereocenters. The number of amides is 1. The fourth-order valence-corrected chi connectivity index (χ4v) is 2.89. The summed E-state index contributed by atoms with van der Waals surface area (Å²) >= 11 is 0. The van der Waals surface area contributed by atoms with Crippen molar-refractivity contribution in [3.63, 3.8) is 0 Å². The third-order valence-corrected chi connectivity index (χ3v) is 4.66. The molecule has 0 aliphatic rings. The molecule has 2 N–H and O–H groups in total. The topological polar surface area (TPSA) is 93.5 Å². The molecule has 0 saturated carbocycles. The van der Waals surface area contributed by atoms with Crippen molar-refractivity contribution < 1.29 is 19.4 Å². The van der Waals surface area contributed by atoms with Crippen molar-refractivity contribution in [2.24, 2.45) is 0 Å². The van der Waals surface area contributed by atoms with E-state index in [9.17, 15) is 9.59 Å². The van der Waals surface area contributed by atoms with E-state index in [2.05, 4.69) is 10.4 Å². The van der Waals surface area contributed by atoms with Crippen molar-refractivity contribution in [2.75, 3.05) is 7.11 Å². The van der Waals surface area contributed by atoms with Gasteiger partial charge in [0.05, 0.1) is 24.8 Å². The van der Waals surface area contributed by atoms with Crippen LogP contribution in [0.2, 0.25) is 0 Å². The van der Waals surface area contributed by atoms with Crippen LogP contribution in [-0.2, 0) is 4.79 Å². The molecular weight excluding hydrogens is 334 g/mol. The lowest BCUT2D eigenvalue weighted by Gasteiger charge is -2.31. The van der Waals surface area contributed by atoms with Crippen LogP contribution in [0.15, 0.2) is 30.3 Å². The standard InChI is InChI=1S/C19H25N3O4/c1-5-19(6-2,12-17(23)24)20-18(25)16-11-13(3)22(21-16)14-7-9-15(26-4)10-8-14/h7-11H,5-6,12H2,1-4H3,(H,20,25)(H,23,24). The van der Waals surface area contributed by atoms with Gasteiger partial charge in [-0.15, -0.1) is 0 Å². The average molecular weight is 359 g/mol. The maximum atomic E-state index is 12.7. The first-order valence-corrected chi connectivity index (χ1v) is 8.59. The van der Waals surface area contributed by atoms with Gasteiger partial charge in [-0.3, -0.25) is 9.59 Å². The Balaban J connectivity index is 2.26. The second-order valence-electron chi connectivity index (χ2n) is 6.29. The Bertz CT molecular complexity index is 777. The Morgan fingerprint density at radius 2 is 1.85 bits per heavy atom. The van der Waals surface area contributed by atoms with Gasteiger partial charge in [-0.1, -0.05) is 13.8 Å². The van der Waals surface area contributed by atoms with Crippen molar-refractivity contribution >= 4 is 11.9 Å². The molecule has 0 fully saturated rings. The predicted molar refractivity (Wildman–Crippen MR) is 97.9 cm³/mol. The third-order valence-electron chi connectivity index (χ3n) is 4.66. The van der Waals surface area contributed by atoms with Gasteiger partial charge in [-0.05, 0) is 50.1 Å². The first-order chi connectivity index (χ1) is 12.3. The highest BCUT2D eigenvalue weighted by Crippen LogP contribution is 2.21. The van der Waals surface area contributed by atoms with E-state index in [1.165, 1.54) is 0 Å². The summed E-state index contributed by atoms with van der Waals surface area (Å²) in [6.45, 7) is 5.60. The fourth-order valence-electron chi connectivity index (χ4n) is 2.89. The number of aromatic nitrogens is 2. The lowest BCUT2D eigenvalue weighted by atomic mass is 9.89. The van der Waals surface area contributed by atoms with Gasteiger partial charge in [0.2, 0.25) is 0 Å². The number of nitrogens with one attached hydrogen (secondary N) is 1. The first-order valence-electron chi connectivity index (χ1n) is 8.59. The number of benzene rings is 1. The molecule has 2 rings (SSSR count). The van der Waals surface area contributed by atoms with Gasteiger partial charge in [-0.25, -0.2) is 4.68 Å². The van der Waals surface area contributed by atoms with Crippen molar-refractivity contribution in [3.8, 4) is 11.4 Å². The van der Waals surface area contributed by atoms with E-state index < -0.39 is 11.5 Å². The van der Waals surface area contributed by atoms with Crippen molar-refractivity contribution in [2.45, 2.75) is 45.6 Å². The monoisotopic (exact) mass is 359 g/mol. The number of carboxylic acids is 1. The summed E-state index contributed by atoms with van der Waals surface area (Å²) in [5.41, 5.74) is 1.10. The van der Waals surface area contributed by atoms with E-state index in [4.69, 9.17) is 9.84 Å². The number of carbonyl (C=O) groups excluding carboxylic acids is 1. The van der Waals surface area contributed by atoms with E-state index in [1.54, 1.807) is 17.9 Å². The summed E-state index contributed by atoms with van der Waals surface area (Å²) in [6, 6.07) is 9.04. The van der Waals surface area contributed by atoms with Crippen LogP contribution in [0.5, 0.6) is 5.75 Å². The molecule has 140 valence electrons. The van der Waals surface area contributed by atoms with E-state index in [0.29, 0.717) is 12.8 Å². The number of methoxy groups -OCH3 is 1. The zero-order chi connectivity index (χ0) is 19.3. The number of carboxylic acid groups (broad SMARTS) is 1. The largest absolute Gasteiger partial charge is 0.497 e. The van der Waals surface area contributed by atoms with Crippen LogP contribution < -0.4 is 10.1 Å². The van der Waals surface area contributed by atoms with Gasteiger partial charge in [0, 0.05) is 5.69 Å². The molecule has 1 heterocycles. The number of ether oxygens (including phenoxy) is 1. The molecule has 0 aliphatic heterocycles. The third kappa shape index (κ3) is 4.22. The van der Waals surface area contributed by atoms with Crippen LogP contribution in [0.4, 0.5) is 0 Å². The van der Waals surface area contributed by atoms with Crippen LogP contribution in [0, 0.1) is 6.92 Å². The van der Waals surface area contributed by atoms with Crippen molar-refractivity contribution in [3.05, 3.63) is 41.7 Å². The molecular formula is C19H25N3O4. The van der Waals surface area contributed by atoms with Crippen LogP contribution in [-0.4, -0.2) is 39.4 Å². The lowest BCUT2D eigenvalue weighted by Crippen LogP contribution is -2.49. The molecule has 0 unspecified atom stereocenters. The fraction of sp³-hybridized carbons (Fsp3) is 0.421. The average Bonchev–Trinajstić information content (AvgIpc) is 3.02. The second-order valence-corrected chi connectivity index (χ2v) is 6.29. The van der Waals surface area contributed by atoms with E-state index in [-0.39, 0.29) is 18.0 Å². The Morgan fingerprint density at radius 3 is 2.35 bits per heavy atom. The van der Waals surface area contributed by atoms with Gasteiger partial charge in [-0.2, -0.15) is 5.10 Å². The lowest BCUT2D eigenvalue weighted by molar-refractivity contribution is -0.138. The zero-order valence-electron chi connectivity index (χ0n) is 15.6. The molecule has 0 bridgehead atoms. The molecule has 26 heavy (non-hydrogen) atoms. The van der Waals surface area contributed by atoms with Crippen molar-refractivity contribution in [1.29, 1.82) is 0 Å². The van der Waals surface area contributed by atoms with Crippen molar-refractivity contribution in [1.82, 2.24) is 15.1 Å². The number of aryl methyl sites for hydroxylation is 1. The molecule has 1 amide bonds. The van der Waals surface area contributed by atoms with Gasteiger partial charge < -0.3 is 15.2 Å². The zero-order valence-corrected chi connectivity index (χ0v) is 15.6. The summed E-state index contributed by atoms with van der Waals surface area (Å²) in [5.74, 6) is -0.569. The summed E-state index contributed by atoms with van der Waals surface area (Å²) in [6.07, 6.45) is 0.934. The molecule has 0 aliphatic carbocycles. The van der Waals surface area contributed by atoms with E-state index in [1.807, 2.05) is 45.0 Å². The number of carbonyl (C=O) groups is 2. The maximum absolute atomic E-state index is 12.7. The first kappa shape index (κ1) is 19.5. The smallest absolute Gasteiger partial charge is 0.305 e. The van der Waals surface area contributed by atoms with Crippen LogP contribution in [0.25, 0.3) is 5.69 Å². The summed E-state index contributed by atoms with van der Waals surface area (Å²) in [5, 5.41) is 16.4. The van der Waals surface area contributed by atoms with Gasteiger partial charge in [0.25, 0.3) is 5.91 Å². The number of nitrogens with zero attached hydrogens (tertiary/aromatic N) is 2. The molecule has 0 saturated heterocycles. The minimum atomic E-state index is -0.936. The summed E-state index contributed by atoms with van der Waals surface area (Å²) < 4.78 is 6.82. The number of aliphatic carboxylic acids is 1. The Morgan fingerprint density at radius 1 is 1.23 bits per heavy atom. The minimum Gasteiger partial charge on any atom is -0.497 e. The van der Waals surface area contributed by atoms with E-state index >= 15 is 0 Å². The van der Waals surface area contributed by atoms with Crippen LogP contribution in [0.3, 0.4) is 0 Å². The van der Waals surface area contributed by atoms with Crippen LogP contribution >= 0.6 is 0 Å². The Hall–Kier alpha value is -2.83. The number of hydrogen-bond donors (Lipinski definition) is 2. The Labute approximate surface area is 153 Å². The molecule has 2 aromatic rings. The second kappa shape index (κ2) is 8.03. The SMILES string of the molecule is CCC(CC)(CC(=O)O)NC(=O)c1cc(C)n(-c2ccc(OC)cc2)n1. The normalized spacial score (nSPS) is 11.2. The minimum absolute atomic E-state index is 0.121. The van der Waals surface area contributed by atoms with Gasteiger partial charge in [0.1, 0.15) is 5.75 Å². The highest BCUT2D eigenvalue weighted by atomic mass is 16.5. The molecule has 7 nitrogen and oxygen atoms in total. The highest BCUT2D eigenvalue weighted by Gasteiger charge is 2.32. The molecule has 1 aromatic heterocycles. The summed E-state index contributed by atoms with van der Waals surface area (Å²) in [4.78, 5) is 23.8. The predicted octanol–water partition coefficient (Wildman–Crippen LogP) is 2.95. The molecule has 0 spiro atoms. The van der Waals surface area contributed by atoms with E-state index in [0.717, 1.165) is 17.1 Å². The molecule has 7 heteroatoms. The number of hydrogen-bond acceptors (Lipinski definition) is 4. The van der Waals surface area contributed by atoms with Gasteiger partial charge >= 0.3 is 5.97 Å². The maximum Gasteiger partial charge on any atom is 0.305 e. The summed E-state index contributed by atoms with van der Waals surface area (Å²) in [7, 11) is 1.60. The quantitative estimate of drug-likeness (QED) is 0.756. The molecule has 1 aromatic carbocycles. The molecule has 0 radical (unpaired) electrons. The van der Waals surface area contributed by atoms with Crippen LogP contribution in [0.1, 0.15) is 49.3 Å². The van der Waals surface area contributed by atoms with Gasteiger partial charge in [0.15, 0.2) is 5.69 Å². The Kier molecular flexibility index (Phi) is 6.02. The number of rotatable bonds is 8. The highest BCUT2D eigenvalue weighted by molar-refractivity contribution is 5.93.